The third-order valence-corrected chi connectivity index (χ3v) is 7.42. The Kier molecular flexibility index (Phi) is 27.9. The topological polar surface area (TPSA) is 101 Å². The highest BCUT2D eigenvalue weighted by molar-refractivity contribution is 5.83. The fourth-order valence-corrected chi connectivity index (χ4v) is 4.93. The first-order valence-corrected chi connectivity index (χ1v) is 15.7. The number of Topliss-reactive ketones (excluding diaryl/α,β-unsaturated/α-hetero) is 1. The SMILES string of the molecule is N[C@@H](CO)C(=O)CCCCCCCCCCCCCCCCCCCCCCCCCCCC(=O)O. The minimum atomic E-state index is -0.678. The average molecular weight is 512 g/mol. The molecule has 0 amide bonds. The van der Waals surface area contributed by atoms with Crippen molar-refractivity contribution in [2.45, 2.75) is 179 Å². The molecule has 4 N–H and O–H groups in total. The van der Waals surface area contributed by atoms with E-state index in [1.807, 2.05) is 0 Å². The van der Waals surface area contributed by atoms with Gasteiger partial charge in [0.2, 0.25) is 0 Å². The van der Waals surface area contributed by atoms with Crippen molar-refractivity contribution in [3.63, 3.8) is 0 Å². The lowest BCUT2D eigenvalue weighted by atomic mass is 10.0. The normalized spacial score (nSPS) is 12.2. The Bertz CT molecular complexity index is 483. The summed E-state index contributed by atoms with van der Waals surface area (Å²) in [5.74, 6) is -0.664. The number of carboxylic acid groups (broad SMARTS) is 1. The Hall–Kier alpha value is -0.940. The van der Waals surface area contributed by atoms with Gasteiger partial charge in [0.05, 0.1) is 12.6 Å². The van der Waals surface area contributed by atoms with E-state index in [9.17, 15) is 9.59 Å². The Labute approximate surface area is 223 Å². The van der Waals surface area contributed by atoms with Gasteiger partial charge in [-0.1, -0.05) is 148 Å². The second kappa shape index (κ2) is 28.6. The van der Waals surface area contributed by atoms with Crippen LogP contribution in [0.4, 0.5) is 0 Å². The monoisotopic (exact) mass is 511 g/mol. The number of hydrogen-bond acceptors (Lipinski definition) is 4. The van der Waals surface area contributed by atoms with Crippen molar-refractivity contribution in [3.8, 4) is 0 Å². The molecule has 0 aromatic carbocycles. The molecule has 0 spiro atoms. The van der Waals surface area contributed by atoms with Gasteiger partial charge in [-0.05, 0) is 12.8 Å². The summed E-state index contributed by atoms with van der Waals surface area (Å²) in [6.07, 6.45) is 33.3. The van der Waals surface area contributed by atoms with Crippen LogP contribution >= 0.6 is 0 Å². The van der Waals surface area contributed by atoms with Gasteiger partial charge in [-0.15, -0.1) is 0 Å². The summed E-state index contributed by atoms with van der Waals surface area (Å²) in [5.41, 5.74) is 5.52. The predicted molar refractivity (Wildman–Crippen MR) is 152 cm³/mol. The maximum Gasteiger partial charge on any atom is 0.303 e. The van der Waals surface area contributed by atoms with Crippen LogP contribution in [0.15, 0.2) is 0 Å². The highest BCUT2D eigenvalue weighted by Gasteiger charge is 2.10. The number of aliphatic hydroxyl groups excluding tert-OH is 1. The molecule has 0 fully saturated rings. The number of ketones is 1. The van der Waals surface area contributed by atoms with E-state index in [1.54, 1.807) is 0 Å². The third-order valence-electron chi connectivity index (χ3n) is 7.42. The first kappa shape index (κ1) is 35.1. The van der Waals surface area contributed by atoms with Crippen LogP contribution in [0, 0.1) is 0 Å². The number of unbranched alkanes of at least 4 members (excludes halogenated alkanes) is 24. The van der Waals surface area contributed by atoms with Crippen LogP contribution in [-0.2, 0) is 9.59 Å². The number of aliphatic carboxylic acids is 1. The molecule has 0 aromatic rings. The number of carbonyl (C=O) groups is 2. The minimum Gasteiger partial charge on any atom is -0.481 e. The summed E-state index contributed by atoms with van der Waals surface area (Å²) in [7, 11) is 0. The number of carboxylic acids is 1. The molecule has 0 aliphatic heterocycles. The molecule has 0 aliphatic carbocycles. The fourth-order valence-electron chi connectivity index (χ4n) is 4.93. The van der Waals surface area contributed by atoms with Gasteiger partial charge in [-0.3, -0.25) is 9.59 Å². The Balaban J connectivity index is 3.09. The summed E-state index contributed by atoms with van der Waals surface area (Å²) >= 11 is 0. The zero-order valence-electron chi connectivity index (χ0n) is 23.7. The average Bonchev–Trinajstić information content (AvgIpc) is 2.87. The summed E-state index contributed by atoms with van der Waals surface area (Å²) in [4.78, 5) is 22.0. The number of hydrogen-bond donors (Lipinski definition) is 3. The van der Waals surface area contributed by atoms with Crippen molar-refractivity contribution in [2.75, 3.05) is 6.61 Å². The minimum absolute atomic E-state index is 0.00401. The second-order valence-corrected chi connectivity index (χ2v) is 11.0. The van der Waals surface area contributed by atoms with Crippen molar-refractivity contribution in [3.05, 3.63) is 0 Å². The smallest absolute Gasteiger partial charge is 0.303 e. The van der Waals surface area contributed by atoms with Crippen LogP contribution in [0.5, 0.6) is 0 Å². The van der Waals surface area contributed by atoms with Crippen molar-refractivity contribution >= 4 is 11.8 Å². The molecule has 1 atom stereocenters. The third kappa shape index (κ3) is 27.6. The molecule has 0 aromatic heterocycles. The molecule has 36 heavy (non-hydrogen) atoms. The summed E-state index contributed by atoms with van der Waals surface area (Å²) in [6, 6.07) is -0.678. The number of rotatable bonds is 30. The van der Waals surface area contributed by atoms with Crippen LogP contribution < -0.4 is 5.73 Å². The highest BCUT2D eigenvalue weighted by Crippen LogP contribution is 2.16. The molecule has 5 heteroatoms. The zero-order chi connectivity index (χ0) is 26.5. The molecule has 0 radical (unpaired) electrons. The number of nitrogens with two attached hydrogens (primary N) is 1. The van der Waals surface area contributed by atoms with Gasteiger partial charge in [0.25, 0.3) is 0 Å². The van der Waals surface area contributed by atoms with E-state index in [-0.39, 0.29) is 12.4 Å². The summed E-state index contributed by atoms with van der Waals surface area (Å²) in [6.45, 7) is -0.233. The fraction of sp³-hybridized carbons (Fsp3) is 0.935. The van der Waals surface area contributed by atoms with Crippen LogP contribution in [0.3, 0.4) is 0 Å². The van der Waals surface area contributed by atoms with Crippen molar-refractivity contribution < 1.29 is 19.8 Å². The lowest BCUT2D eigenvalue weighted by Gasteiger charge is -2.06. The lowest BCUT2D eigenvalue weighted by Crippen LogP contribution is -2.33. The second-order valence-electron chi connectivity index (χ2n) is 11.0. The van der Waals surface area contributed by atoms with Gasteiger partial charge in [0.1, 0.15) is 0 Å². The Morgan fingerprint density at radius 2 is 0.667 bits per heavy atom. The van der Waals surface area contributed by atoms with Gasteiger partial charge in [0.15, 0.2) is 5.78 Å². The van der Waals surface area contributed by atoms with Gasteiger partial charge in [0, 0.05) is 12.8 Å². The van der Waals surface area contributed by atoms with E-state index in [4.69, 9.17) is 15.9 Å². The molecule has 0 unspecified atom stereocenters. The maximum absolute atomic E-state index is 11.5. The first-order chi connectivity index (χ1) is 17.6. The molecular weight excluding hydrogens is 450 g/mol. The quantitative estimate of drug-likeness (QED) is 0.0839. The molecule has 0 saturated heterocycles. The van der Waals surface area contributed by atoms with Gasteiger partial charge >= 0.3 is 5.97 Å². The molecule has 214 valence electrons. The van der Waals surface area contributed by atoms with E-state index in [0.717, 1.165) is 25.7 Å². The van der Waals surface area contributed by atoms with Crippen molar-refractivity contribution in [2.24, 2.45) is 5.73 Å². The van der Waals surface area contributed by atoms with E-state index < -0.39 is 12.0 Å². The van der Waals surface area contributed by atoms with E-state index in [1.165, 1.54) is 135 Å². The maximum atomic E-state index is 11.5. The van der Waals surface area contributed by atoms with Crippen LogP contribution in [0.1, 0.15) is 173 Å². The van der Waals surface area contributed by atoms with E-state index in [0.29, 0.717) is 12.8 Å². The van der Waals surface area contributed by atoms with Gasteiger partial charge in [-0.2, -0.15) is 0 Å². The lowest BCUT2D eigenvalue weighted by molar-refractivity contribution is -0.137. The van der Waals surface area contributed by atoms with Gasteiger partial charge in [-0.25, -0.2) is 0 Å². The van der Waals surface area contributed by atoms with E-state index in [2.05, 4.69) is 0 Å². The van der Waals surface area contributed by atoms with E-state index >= 15 is 0 Å². The molecule has 5 nitrogen and oxygen atoms in total. The van der Waals surface area contributed by atoms with Crippen LogP contribution in [-0.4, -0.2) is 34.6 Å². The zero-order valence-corrected chi connectivity index (χ0v) is 23.7. The Morgan fingerprint density at radius 1 is 0.444 bits per heavy atom. The number of aliphatic hydroxyl groups is 1. The van der Waals surface area contributed by atoms with Gasteiger partial charge < -0.3 is 15.9 Å². The van der Waals surface area contributed by atoms with Crippen molar-refractivity contribution in [1.29, 1.82) is 0 Å². The molecule has 0 aliphatic rings. The molecule has 0 saturated carbocycles. The summed E-state index contributed by atoms with van der Waals surface area (Å²) < 4.78 is 0. The first-order valence-electron chi connectivity index (χ1n) is 15.7. The molecule has 0 bridgehead atoms. The predicted octanol–water partition coefficient (Wildman–Crippen LogP) is 8.49. The number of carbonyl (C=O) groups excluding carboxylic acids is 1. The Morgan fingerprint density at radius 3 is 0.889 bits per heavy atom. The van der Waals surface area contributed by atoms with Crippen molar-refractivity contribution in [1.82, 2.24) is 0 Å². The van der Waals surface area contributed by atoms with Crippen LogP contribution in [0.2, 0.25) is 0 Å². The molecular formula is C31H61NO4. The summed E-state index contributed by atoms with van der Waals surface area (Å²) in [5, 5.41) is 17.5. The molecule has 0 heterocycles. The highest BCUT2D eigenvalue weighted by atomic mass is 16.4. The molecule has 0 rings (SSSR count). The van der Waals surface area contributed by atoms with Crippen LogP contribution in [0.25, 0.3) is 0 Å². The standard InChI is InChI=1S/C31H61NO4/c32-29(28-33)30(34)26-24-22-20-18-16-14-12-10-8-6-4-2-1-3-5-7-9-11-13-15-17-19-21-23-25-27-31(35)36/h29,33H,1-28,32H2,(H,35,36)/t29-/m0/s1. The largest absolute Gasteiger partial charge is 0.481 e.